The highest BCUT2D eigenvalue weighted by Gasteiger charge is 2.12. The van der Waals surface area contributed by atoms with Crippen molar-refractivity contribution < 1.29 is 4.74 Å². The SMILES string of the molecule is O=c1cnn(Cc2cc(Cl)c(Oc3ccccc3)c(Cl)c2)c(=O)[nH]1. The first kappa shape index (κ1) is 16.3. The maximum absolute atomic E-state index is 11.7. The molecule has 6 nitrogen and oxygen atoms in total. The van der Waals surface area contributed by atoms with Crippen molar-refractivity contribution in [2.45, 2.75) is 6.54 Å². The van der Waals surface area contributed by atoms with Gasteiger partial charge in [-0.25, -0.2) is 9.48 Å². The zero-order valence-corrected chi connectivity index (χ0v) is 13.7. The minimum absolute atomic E-state index is 0.112. The van der Waals surface area contributed by atoms with Gasteiger partial charge in [0, 0.05) is 0 Å². The lowest BCUT2D eigenvalue weighted by atomic mass is 10.2. The number of aromatic nitrogens is 3. The van der Waals surface area contributed by atoms with Crippen LogP contribution in [0.1, 0.15) is 5.56 Å². The number of aromatic amines is 1. The van der Waals surface area contributed by atoms with Crippen LogP contribution in [-0.2, 0) is 6.54 Å². The quantitative estimate of drug-likeness (QED) is 0.772. The molecule has 0 spiro atoms. The number of nitrogens with zero attached hydrogens (tertiary/aromatic N) is 2. The molecule has 0 saturated heterocycles. The topological polar surface area (TPSA) is 77.0 Å². The standard InChI is InChI=1S/C16H11Cl2N3O3/c17-12-6-10(9-21-16(23)20-14(22)8-19-21)7-13(18)15(12)24-11-4-2-1-3-5-11/h1-8H,9H2,(H,20,22,23). The van der Waals surface area contributed by atoms with Gasteiger partial charge in [0.15, 0.2) is 5.75 Å². The Balaban J connectivity index is 1.89. The molecule has 0 aliphatic rings. The van der Waals surface area contributed by atoms with E-state index in [2.05, 4.69) is 10.1 Å². The van der Waals surface area contributed by atoms with Crippen LogP contribution in [0.3, 0.4) is 0 Å². The van der Waals surface area contributed by atoms with Crippen LogP contribution in [0.4, 0.5) is 0 Å². The lowest BCUT2D eigenvalue weighted by Crippen LogP contribution is -2.31. The van der Waals surface area contributed by atoms with Crippen LogP contribution in [0.15, 0.2) is 58.3 Å². The molecule has 0 atom stereocenters. The van der Waals surface area contributed by atoms with E-state index in [1.165, 1.54) is 0 Å². The van der Waals surface area contributed by atoms with Gasteiger partial charge >= 0.3 is 5.69 Å². The van der Waals surface area contributed by atoms with Crippen molar-refractivity contribution in [2.75, 3.05) is 0 Å². The summed E-state index contributed by atoms with van der Waals surface area (Å²) in [6, 6.07) is 12.4. The van der Waals surface area contributed by atoms with Gasteiger partial charge in [0.05, 0.1) is 16.6 Å². The van der Waals surface area contributed by atoms with E-state index in [-0.39, 0.29) is 6.54 Å². The molecule has 122 valence electrons. The van der Waals surface area contributed by atoms with Crippen molar-refractivity contribution in [3.05, 3.63) is 85.1 Å². The monoisotopic (exact) mass is 363 g/mol. The fourth-order valence-corrected chi connectivity index (χ4v) is 2.68. The van der Waals surface area contributed by atoms with Crippen LogP contribution in [0.25, 0.3) is 0 Å². The predicted molar refractivity (Wildman–Crippen MR) is 91.2 cm³/mol. The van der Waals surface area contributed by atoms with Crippen molar-refractivity contribution in [1.82, 2.24) is 14.8 Å². The van der Waals surface area contributed by atoms with E-state index in [0.29, 0.717) is 27.1 Å². The molecule has 0 saturated carbocycles. The highest BCUT2D eigenvalue weighted by Crippen LogP contribution is 2.37. The molecule has 3 aromatic rings. The first-order valence-corrected chi connectivity index (χ1v) is 7.66. The lowest BCUT2D eigenvalue weighted by Gasteiger charge is -2.12. The van der Waals surface area contributed by atoms with Crippen LogP contribution in [-0.4, -0.2) is 14.8 Å². The molecule has 0 amide bonds. The maximum Gasteiger partial charge on any atom is 0.345 e. The summed E-state index contributed by atoms with van der Waals surface area (Å²) >= 11 is 12.5. The predicted octanol–water partition coefficient (Wildman–Crippen LogP) is 3.08. The summed E-state index contributed by atoms with van der Waals surface area (Å²) in [7, 11) is 0. The summed E-state index contributed by atoms with van der Waals surface area (Å²) in [6.45, 7) is 0.112. The second-order valence-corrected chi connectivity index (χ2v) is 5.71. The van der Waals surface area contributed by atoms with E-state index in [9.17, 15) is 9.59 Å². The van der Waals surface area contributed by atoms with Crippen molar-refractivity contribution in [3.63, 3.8) is 0 Å². The minimum Gasteiger partial charge on any atom is -0.454 e. The third-order valence-corrected chi connectivity index (χ3v) is 3.69. The number of hydrogen-bond acceptors (Lipinski definition) is 4. The first-order valence-electron chi connectivity index (χ1n) is 6.90. The molecule has 0 aliphatic carbocycles. The van der Waals surface area contributed by atoms with Crippen LogP contribution >= 0.6 is 23.2 Å². The van der Waals surface area contributed by atoms with E-state index >= 15 is 0 Å². The molecular formula is C16H11Cl2N3O3. The highest BCUT2D eigenvalue weighted by molar-refractivity contribution is 6.37. The molecule has 0 fully saturated rings. The summed E-state index contributed by atoms with van der Waals surface area (Å²) in [5, 5.41) is 4.37. The largest absolute Gasteiger partial charge is 0.454 e. The lowest BCUT2D eigenvalue weighted by molar-refractivity contribution is 0.482. The second-order valence-electron chi connectivity index (χ2n) is 4.90. The number of halogens is 2. The van der Waals surface area contributed by atoms with Gasteiger partial charge in [-0.2, -0.15) is 5.10 Å². The van der Waals surface area contributed by atoms with E-state index in [1.54, 1.807) is 24.3 Å². The Labute approximate surface area is 146 Å². The Hall–Kier alpha value is -2.57. The summed E-state index contributed by atoms with van der Waals surface area (Å²) in [5.41, 5.74) is -0.523. The van der Waals surface area contributed by atoms with Gasteiger partial charge in [-0.3, -0.25) is 9.78 Å². The molecule has 1 heterocycles. The average molecular weight is 364 g/mol. The number of ether oxygens (including phenoxy) is 1. The second kappa shape index (κ2) is 6.90. The molecule has 3 rings (SSSR count). The van der Waals surface area contributed by atoms with E-state index in [1.807, 2.05) is 18.2 Å². The fourth-order valence-electron chi connectivity index (χ4n) is 2.07. The summed E-state index contributed by atoms with van der Waals surface area (Å²) in [4.78, 5) is 24.8. The fraction of sp³-hybridized carbons (Fsp3) is 0.0625. The van der Waals surface area contributed by atoms with E-state index in [0.717, 1.165) is 10.9 Å². The van der Waals surface area contributed by atoms with Crippen LogP contribution in [0.2, 0.25) is 10.0 Å². The third-order valence-electron chi connectivity index (χ3n) is 3.13. The molecule has 8 heteroatoms. The first-order chi connectivity index (χ1) is 11.5. The normalized spacial score (nSPS) is 10.6. The van der Waals surface area contributed by atoms with Crippen molar-refractivity contribution in [2.24, 2.45) is 0 Å². The van der Waals surface area contributed by atoms with E-state index in [4.69, 9.17) is 27.9 Å². The van der Waals surface area contributed by atoms with Gasteiger partial charge in [0.2, 0.25) is 0 Å². The maximum atomic E-state index is 11.7. The highest BCUT2D eigenvalue weighted by atomic mass is 35.5. The number of H-pyrrole nitrogens is 1. The zero-order valence-electron chi connectivity index (χ0n) is 12.2. The number of rotatable bonds is 4. The number of hydrogen-bond donors (Lipinski definition) is 1. The number of benzene rings is 2. The molecule has 1 N–H and O–H groups in total. The van der Waals surface area contributed by atoms with Crippen molar-refractivity contribution in [3.8, 4) is 11.5 Å². The molecule has 0 bridgehead atoms. The van der Waals surface area contributed by atoms with Gasteiger partial charge in [0.25, 0.3) is 5.56 Å². The summed E-state index contributed by atoms with van der Waals surface area (Å²) in [6.07, 6.45) is 1.03. The molecule has 0 aliphatic heterocycles. The molecule has 0 radical (unpaired) electrons. The zero-order chi connectivity index (χ0) is 17.1. The van der Waals surface area contributed by atoms with Gasteiger partial charge in [0.1, 0.15) is 11.9 Å². The Kier molecular flexibility index (Phi) is 4.69. The molecule has 0 unspecified atom stereocenters. The molecule has 2 aromatic carbocycles. The molecule has 24 heavy (non-hydrogen) atoms. The van der Waals surface area contributed by atoms with E-state index < -0.39 is 11.2 Å². The van der Waals surface area contributed by atoms with Crippen molar-refractivity contribution >= 4 is 23.2 Å². The van der Waals surface area contributed by atoms with Crippen LogP contribution < -0.4 is 16.0 Å². The average Bonchev–Trinajstić information content (AvgIpc) is 2.55. The Morgan fingerprint density at radius 2 is 1.75 bits per heavy atom. The van der Waals surface area contributed by atoms with Gasteiger partial charge in [-0.05, 0) is 29.8 Å². The Bertz CT molecular complexity index is 961. The molecule has 1 aromatic heterocycles. The summed E-state index contributed by atoms with van der Waals surface area (Å²) in [5.74, 6) is 0.933. The molecular weight excluding hydrogens is 353 g/mol. The Morgan fingerprint density at radius 3 is 2.38 bits per heavy atom. The number of para-hydroxylation sites is 1. The summed E-state index contributed by atoms with van der Waals surface area (Å²) < 4.78 is 6.79. The van der Waals surface area contributed by atoms with Gasteiger partial charge < -0.3 is 4.74 Å². The minimum atomic E-state index is -0.612. The van der Waals surface area contributed by atoms with Crippen LogP contribution in [0, 0.1) is 0 Å². The van der Waals surface area contributed by atoms with Crippen LogP contribution in [0.5, 0.6) is 11.5 Å². The Morgan fingerprint density at radius 1 is 1.08 bits per heavy atom. The van der Waals surface area contributed by atoms with Crippen molar-refractivity contribution in [1.29, 1.82) is 0 Å². The van der Waals surface area contributed by atoms with Gasteiger partial charge in [-0.1, -0.05) is 41.4 Å². The van der Waals surface area contributed by atoms with Gasteiger partial charge in [-0.15, -0.1) is 0 Å². The number of nitrogens with one attached hydrogen (secondary N) is 1. The smallest absolute Gasteiger partial charge is 0.345 e. The third kappa shape index (κ3) is 3.67.